The molecule has 2 aliphatic rings. The van der Waals surface area contributed by atoms with E-state index in [0.717, 1.165) is 24.1 Å². The van der Waals surface area contributed by atoms with Crippen LogP contribution in [0.2, 0.25) is 0 Å². The summed E-state index contributed by atoms with van der Waals surface area (Å²) in [5.74, 6) is 0.218. The summed E-state index contributed by atoms with van der Waals surface area (Å²) in [6, 6.07) is 7.93. The number of morpholine rings is 1. The number of hydrogen-bond donors (Lipinski definition) is 1. The normalized spacial score (nSPS) is 23.8. The van der Waals surface area contributed by atoms with Crippen molar-refractivity contribution in [3.63, 3.8) is 0 Å². The molecule has 3 amide bonds. The van der Waals surface area contributed by atoms with Gasteiger partial charge in [-0.15, -0.1) is 0 Å². The minimum atomic E-state index is -0.0611. The molecule has 0 bridgehead atoms. The highest BCUT2D eigenvalue weighted by molar-refractivity contribution is 5.78. The van der Waals surface area contributed by atoms with Gasteiger partial charge in [0.2, 0.25) is 5.91 Å². The number of hydrogen-bond acceptors (Lipinski definition) is 3. The fraction of sp³-hybridized carbons (Fsp3) is 0.579. The van der Waals surface area contributed by atoms with Gasteiger partial charge >= 0.3 is 6.03 Å². The van der Waals surface area contributed by atoms with Crippen LogP contribution in [0.4, 0.5) is 4.79 Å². The van der Waals surface area contributed by atoms with Crippen molar-refractivity contribution in [1.29, 1.82) is 0 Å². The van der Waals surface area contributed by atoms with Gasteiger partial charge in [0.05, 0.1) is 12.2 Å². The van der Waals surface area contributed by atoms with Crippen molar-refractivity contribution in [2.75, 3.05) is 19.6 Å². The lowest BCUT2D eigenvalue weighted by Crippen LogP contribution is -2.51. The first-order chi connectivity index (χ1) is 12.0. The highest BCUT2D eigenvalue weighted by atomic mass is 16.5. The number of carbonyl (C=O) groups excluding carboxylic acids is 2. The number of likely N-dealkylation sites (tertiary alicyclic amines) is 1. The Labute approximate surface area is 149 Å². The SMILES string of the molecule is CC1CN(C(=O)NCc2ccccc2CN2CCCC2=O)CC(C)O1. The average Bonchev–Trinajstić information content (AvgIpc) is 2.98. The fourth-order valence-electron chi connectivity index (χ4n) is 3.59. The molecule has 6 heteroatoms. The Kier molecular flexibility index (Phi) is 5.58. The van der Waals surface area contributed by atoms with Gasteiger partial charge in [0.25, 0.3) is 0 Å². The summed E-state index contributed by atoms with van der Waals surface area (Å²) in [5, 5.41) is 3.01. The molecule has 0 aromatic heterocycles. The fourth-order valence-corrected chi connectivity index (χ4v) is 3.59. The first kappa shape index (κ1) is 17.7. The molecule has 0 radical (unpaired) electrons. The highest BCUT2D eigenvalue weighted by Gasteiger charge is 2.26. The predicted molar refractivity (Wildman–Crippen MR) is 94.9 cm³/mol. The minimum absolute atomic E-state index is 0.0583. The van der Waals surface area contributed by atoms with Crippen LogP contribution in [0.5, 0.6) is 0 Å². The number of carbonyl (C=O) groups is 2. The summed E-state index contributed by atoms with van der Waals surface area (Å²) in [7, 11) is 0. The summed E-state index contributed by atoms with van der Waals surface area (Å²) >= 11 is 0. The van der Waals surface area contributed by atoms with Gasteiger partial charge in [0.15, 0.2) is 0 Å². The zero-order valence-corrected chi connectivity index (χ0v) is 15.0. The van der Waals surface area contributed by atoms with Crippen molar-refractivity contribution in [3.05, 3.63) is 35.4 Å². The summed E-state index contributed by atoms with van der Waals surface area (Å²) in [6.07, 6.45) is 1.70. The molecular weight excluding hydrogens is 318 g/mol. The van der Waals surface area contributed by atoms with Crippen LogP contribution in [-0.2, 0) is 22.6 Å². The lowest BCUT2D eigenvalue weighted by Gasteiger charge is -2.35. The first-order valence-electron chi connectivity index (χ1n) is 9.05. The van der Waals surface area contributed by atoms with Crippen molar-refractivity contribution in [3.8, 4) is 0 Å². The molecule has 0 saturated carbocycles. The van der Waals surface area contributed by atoms with Gasteiger partial charge in [-0.2, -0.15) is 0 Å². The topological polar surface area (TPSA) is 61.9 Å². The minimum Gasteiger partial charge on any atom is -0.372 e. The Morgan fingerprint density at radius 2 is 1.88 bits per heavy atom. The number of amides is 3. The molecule has 0 spiro atoms. The first-order valence-corrected chi connectivity index (χ1v) is 9.05. The molecule has 6 nitrogen and oxygen atoms in total. The standard InChI is InChI=1S/C19H27N3O3/c1-14-11-22(12-15(2)25-14)19(24)20-10-16-6-3-4-7-17(16)13-21-9-5-8-18(21)23/h3-4,6-7,14-15H,5,8-13H2,1-2H3,(H,20,24). The van der Waals surface area contributed by atoms with Crippen LogP contribution in [0.25, 0.3) is 0 Å². The molecule has 136 valence electrons. The van der Waals surface area contributed by atoms with Crippen LogP contribution in [0.3, 0.4) is 0 Å². The van der Waals surface area contributed by atoms with E-state index in [1.54, 1.807) is 0 Å². The Balaban J connectivity index is 1.59. The molecule has 1 aromatic rings. The molecule has 25 heavy (non-hydrogen) atoms. The average molecular weight is 345 g/mol. The smallest absolute Gasteiger partial charge is 0.317 e. The van der Waals surface area contributed by atoms with Gasteiger partial charge in [0.1, 0.15) is 0 Å². The zero-order valence-electron chi connectivity index (χ0n) is 15.0. The summed E-state index contributed by atoms with van der Waals surface area (Å²) in [5.41, 5.74) is 2.16. The number of urea groups is 1. The van der Waals surface area contributed by atoms with E-state index < -0.39 is 0 Å². The summed E-state index contributed by atoms with van der Waals surface area (Å²) in [4.78, 5) is 28.0. The van der Waals surface area contributed by atoms with Gasteiger partial charge < -0.3 is 19.9 Å². The van der Waals surface area contributed by atoms with Crippen LogP contribution in [0, 0.1) is 0 Å². The second kappa shape index (κ2) is 7.87. The van der Waals surface area contributed by atoms with E-state index in [1.165, 1.54) is 0 Å². The second-order valence-electron chi connectivity index (χ2n) is 7.01. The van der Waals surface area contributed by atoms with Crippen molar-refractivity contribution >= 4 is 11.9 Å². The Bertz CT molecular complexity index is 624. The lowest BCUT2D eigenvalue weighted by atomic mass is 10.1. The maximum Gasteiger partial charge on any atom is 0.317 e. The molecule has 2 unspecified atom stereocenters. The maximum atomic E-state index is 12.5. The third-order valence-corrected chi connectivity index (χ3v) is 4.79. The molecule has 1 aromatic carbocycles. The van der Waals surface area contributed by atoms with E-state index in [9.17, 15) is 9.59 Å². The van der Waals surface area contributed by atoms with Crippen LogP contribution in [-0.4, -0.2) is 53.6 Å². The molecule has 2 saturated heterocycles. The quantitative estimate of drug-likeness (QED) is 0.909. The van der Waals surface area contributed by atoms with E-state index >= 15 is 0 Å². The van der Waals surface area contributed by atoms with Gasteiger partial charge in [-0.1, -0.05) is 24.3 Å². The number of nitrogens with zero attached hydrogens (tertiary/aromatic N) is 2. The van der Waals surface area contributed by atoms with Crippen molar-refractivity contribution < 1.29 is 14.3 Å². The number of nitrogens with one attached hydrogen (secondary N) is 1. The monoisotopic (exact) mass is 345 g/mol. The van der Waals surface area contributed by atoms with Crippen LogP contribution in [0.15, 0.2) is 24.3 Å². The third-order valence-electron chi connectivity index (χ3n) is 4.79. The molecular formula is C19H27N3O3. The predicted octanol–water partition coefficient (Wildman–Crippen LogP) is 2.13. The van der Waals surface area contributed by atoms with E-state index in [4.69, 9.17) is 4.74 Å². The van der Waals surface area contributed by atoms with Gasteiger partial charge in [-0.25, -0.2) is 4.79 Å². The highest BCUT2D eigenvalue weighted by Crippen LogP contribution is 2.17. The van der Waals surface area contributed by atoms with Gasteiger partial charge in [-0.3, -0.25) is 4.79 Å². The van der Waals surface area contributed by atoms with E-state index in [1.807, 2.05) is 47.9 Å². The maximum absolute atomic E-state index is 12.5. The van der Waals surface area contributed by atoms with E-state index in [0.29, 0.717) is 32.6 Å². The molecule has 2 fully saturated rings. The van der Waals surface area contributed by atoms with Crippen LogP contribution in [0.1, 0.15) is 37.8 Å². The Hall–Kier alpha value is -2.08. The number of benzene rings is 1. The largest absolute Gasteiger partial charge is 0.372 e. The third kappa shape index (κ3) is 4.51. The van der Waals surface area contributed by atoms with Gasteiger partial charge in [-0.05, 0) is 31.4 Å². The molecule has 3 rings (SSSR count). The number of ether oxygens (including phenoxy) is 1. The van der Waals surface area contributed by atoms with Crippen molar-refractivity contribution in [2.24, 2.45) is 0 Å². The Morgan fingerprint density at radius 3 is 2.52 bits per heavy atom. The summed E-state index contributed by atoms with van der Waals surface area (Å²) in [6.45, 7) is 7.10. The molecule has 2 atom stereocenters. The zero-order chi connectivity index (χ0) is 17.8. The Morgan fingerprint density at radius 1 is 1.20 bits per heavy atom. The van der Waals surface area contributed by atoms with Crippen LogP contribution < -0.4 is 5.32 Å². The number of rotatable bonds is 4. The van der Waals surface area contributed by atoms with E-state index in [-0.39, 0.29) is 24.1 Å². The second-order valence-corrected chi connectivity index (χ2v) is 7.01. The molecule has 2 heterocycles. The van der Waals surface area contributed by atoms with Gasteiger partial charge in [0, 0.05) is 39.1 Å². The van der Waals surface area contributed by atoms with Crippen molar-refractivity contribution in [1.82, 2.24) is 15.1 Å². The van der Waals surface area contributed by atoms with Crippen LogP contribution >= 0.6 is 0 Å². The lowest BCUT2D eigenvalue weighted by molar-refractivity contribution is -0.128. The van der Waals surface area contributed by atoms with E-state index in [2.05, 4.69) is 5.32 Å². The summed E-state index contributed by atoms with van der Waals surface area (Å²) < 4.78 is 5.67. The molecule has 2 aliphatic heterocycles. The molecule has 1 N–H and O–H groups in total. The van der Waals surface area contributed by atoms with Crippen molar-refractivity contribution in [2.45, 2.75) is 52.0 Å². The molecule has 0 aliphatic carbocycles.